The first kappa shape index (κ1) is 12.1. The van der Waals surface area contributed by atoms with E-state index in [2.05, 4.69) is 45.1 Å². The first-order valence-electron chi connectivity index (χ1n) is 5.82. The van der Waals surface area contributed by atoms with Crippen molar-refractivity contribution in [1.29, 1.82) is 0 Å². The Hall–Kier alpha value is -0.410. The van der Waals surface area contributed by atoms with Crippen LogP contribution in [0.3, 0.4) is 0 Å². The van der Waals surface area contributed by atoms with Gasteiger partial charge in [-0.3, -0.25) is 0 Å². The summed E-state index contributed by atoms with van der Waals surface area (Å²) in [6.45, 7) is 2.24. The maximum atomic E-state index is 5.55. The third-order valence-corrected chi connectivity index (χ3v) is 4.01. The van der Waals surface area contributed by atoms with Crippen LogP contribution in [0.4, 0.5) is 0 Å². The van der Waals surface area contributed by atoms with Crippen LogP contribution in [0.5, 0.6) is 0 Å². The fourth-order valence-corrected chi connectivity index (χ4v) is 2.63. The Kier molecular flexibility index (Phi) is 4.36. The number of benzene rings is 1. The van der Waals surface area contributed by atoms with Crippen LogP contribution in [0, 0.1) is 0 Å². The minimum Gasteiger partial charge on any atom is -0.362 e. The van der Waals surface area contributed by atoms with Gasteiger partial charge in [0.25, 0.3) is 0 Å². The Balaban J connectivity index is 2.08. The topological polar surface area (TPSA) is 3.24 Å². The first-order chi connectivity index (χ1) is 7.77. The Labute approximate surface area is 111 Å². The number of nitrogens with zero attached hydrogens (tertiary/aromatic N) is 1. The predicted octanol–water partition coefficient (Wildman–Crippen LogP) is 4.00. The summed E-state index contributed by atoms with van der Waals surface area (Å²) in [5.41, 5.74) is 1.17. The summed E-state index contributed by atoms with van der Waals surface area (Å²) in [5.74, 6) is 0. The quantitative estimate of drug-likeness (QED) is 0.721. The Morgan fingerprint density at radius 3 is 2.12 bits per heavy atom. The number of rotatable bonds is 1. The average molecular weight is 298 g/mol. The Morgan fingerprint density at radius 2 is 1.56 bits per heavy atom. The Morgan fingerprint density at radius 1 is 1.00 bits per heavy atom. The van der Waals surface area contributed by atoms with E-state index in [9.17, 15) is 0 Å². The molecule has 0 saturated carbocycles. The number of thiocarbonyl (C=S) groups is 1. The monoisotopic (exact) mass is 297 g/mol. The SMILES string of the molecule is S=C(c1ccc(Br)cc1)N1CCCCCC1. The zero-order chi connectivity index (χ0) is 11.4. The number of hydrogen-bond acceptors (Lipinski definition) is 1. The number of likely N-dealkylation sites (tertiary alicyclic amines) is 1. The molecule has 1 saturated heterocycles. The van der Waals surface area contributed by atoms with Gasteiger partial charge in [-0.25, -0.2) is 0 Å². The zero-order valence-electron chi connectivity index (χ0n) is 9.29. The van der Waals surface area contributed by atoms with Gasteiger partial charge in [0.05, 0.1) is 0 Å². The highest BCUT2D eigenvalue weighted by molar-refractivity contribution is 9.10. The van der Waals surface area contributed by atoms with Gasteiger partial charge >= 0.3 is 0 Å². The van der Waals surface area contributed by atoms with Gasteiger partial charge in [0.15, 0.2) is 0 Å². The van der Waals surface area contributed by atoms with Crippen LogP contribution < -0.4 is 0 Å². The molecule has 0 spiro atoms. The van der Waals surface area contributed by atoms with E-state index < -0.39 is 0 Å². The molecule has 86 valence electrons. The lowest BCUT2D eigenvalue weighted by atomic mass is 10.2. The van der Waals surface area contributed by atoms with Crippen molar-refractivity contribution < 1.29 is 0 Å². The smallest absolute Gasteiger partial charge is 0.109 e. The van der Waals surface area contributed by atoms with Crippen LogP contribution >= 0.6 is 28.1 Å². The summed E-state index contributed by atoms with van der Waals surface area (Å²) < 4.78 is 1.11. The molecular formula is C13H16BrNS. The van der Waals surface area contributed by atoms with Crippen LogP contribution in [-0.4, -0.2) is 23.0 Å². The van der Waals surface area contributed by atoms with Crippen molar-refractivity contribution >= 4 is 33.1 Å². The van der Waals surface area contributed by atoms with Crippen molar-refractivity contribution in [3.63, 3.8) is 0 Å². The molecule has 1 aliphatic heterocycles. The maximum Gasteiger partial charge on any atom is 0.109 e. The van der Waals surface area contributed by atoms with Gasteiger partial charge in [0.2, 0.25) is 0 Å². The molecule has 0 aliphatic carbocycles. The molecule has 1 aliphatic rings. The lowest BCUT2D eigenvalue weighted by Gasteiger charge is -2.23. The maximum absolute atomic E-state index is 5.55. The first-order valence-corrected chi connectivity index (χ1v) is 7.02. The average Bonchev–Trinajstić information content (AvgIpc) is 2.57. The molecule has 1 nitrogen and oxygen atoms in total. The van der Waals surface area contributed by atoms with E-state index in [1.54, 1.807) is 0 Å². The van der Waals surface area contributed by atoms with Crippen LogP contribution in [0.1, 0.15) is 31.2 Å². The molecule has 0 amide bonds. The molecule has 1 aromatic carbocycles. The van der Waals surface area contributed by atoms with E-state index in [0.29, 0.717) is 0 Å². The molecule has 3 heteroatoms. The van der Waals surface area contributed by atoms with E-state index >= 15 is 0 Å². The summed E-state index contributed by atoms with van der Waals surface area (Å²) >= 11 is 9.00. The van der Waals surface area contributed by atoms with Gasteiger partial charge in [-0.15, -0.1) is 0 Å². The van der Waals surface area contributed by atoms with Crippen LogP contribution in [-0.2, 0) is 0 Å². The molecule has 16 heavy (non-hydrogen) atoms. The summed E-state index contributed by atoms with van der Waals surface area (Å²) in [5, 5.41) is 0. The molecule has 2 rings (SSSR count). The highest BCUT2D eigenvalue weighted by Gasteiger charge is 2.13. The predicted molar refractivity (Wildman–Crippen MR) is 75.9 cm³/mol. The molecule has 1 aromatic rings. The van der Waals surface area contributed by atoms with E-state index in [-0.39, 0.29) is 0 Å². The minimum atomic E-state index is 1.01. The van der Waals surface area contributed by atoms with Crippen molar-refractivity contribution in [3.8, 4) is 0 Å². The van der Waals surface area contributed by atoms with E-state index in [1.165, 1.54) is 31.2 Å². The summed E-state index contributed by atoms with van der Waals surface area (Å²) in [7, 11) is 0. The third kappa shape index (κ3) is 3.05. The second-order valence-corrected chi connectivity index (χ2v) is 5.52. The normalized spacial score (nSPS) is 16.9. The van der Waals surface area contributed by atoms with Gasteiger partial charge in [0.1, 0.15) is 4.99 Å². The fourth-order valence-electron chi connectivity index (χ4n) is 2.05. The van der Waals surface area contributed by atoms with E-state index in [1.807, 2.05) is 0 Å². The van der Waals surface area contributed by atoms with Gasteiger partial charge < -0.3 is 4.90 Å². The molecule has 1 fully saturated rings. The van der Waals surface area contributed by atoms with Gasteiger partial charge in [0, 0.05) is 23.1 Å². The largest absolute Gasteiger partial charge is 0.362 e. The number of halogens is 1. The van der Waals surface area contributed by atoms with Crippen molar-refractivity contribution in [1.82, 2.24) is 4.90 Å². The highest BCUT2D eigenvalue weighted by atomic mass is 79.9. The molecule has 0 bridgehead atoms. The molecule has 0 atom stereocenters. The standard InChI is InChI=1S/C13H16BrNS/c14-12-7-5-11(6-8-12)13(16)15-9-3-1-2-4-10-15/h5-8H,1-4,9-10H2. The fraction of sp³-hybridized carbons (Fsp3) is 0.462. The minimum absolute atomic E-state index is 1.01. The molecule has 0 aromatic heterocycles. The summed E-state index contributed by atoms with van der Waals surface area (Å²) in [6, 6.07) is 8.30. The number of hydrogen-bond donors (Lipinski definition) is 0. The van der Waals surface area contributed by atoms with E-state index in [0.717, 1.165) is 22.6 Å². The third-order valence-electron chi connectivity index (χ3n) is 2.98. The van der Waals surface area contributed by atoms with Crippen LogP contribution in [0.25, 0.3) is 0 Å². The van der Waals surface area contributed by atoms with Crippen LogP contribution in [0.2, 0.25) is 0 Å². The summed E-state index contributed by atoms with van der Waals surface area (Å²) in [6.07, 6.45) is 5.24. The lowest BCUT2D eigenvalue weighted by molar-refractivity contribution is 0.443. The molecule has 0 radical (unpaired) electrons. The molecular weight excluding hydrogens is 282 g/mol. The molecule has 0 unspecified atom stereocenters. The van der Waals surface area contributed by atoms with Gasteiger partial charge in [-0.1, -0.05) is 53.1 Å². The molecule has 1 heterocycles. The van der Waals surface area contributed by atoms with E-state index in [4.69, 9.17) is 12.2 Å². The van der Waals surface area contributed by atoms with Crippen molar-refractivity contribution in [2.24, 2.45) is 0 Å². The van der Waals surface area contributed by atoms with Crippen molar-refractivity contribution in [2.45, 2.75) is 25.7 Å². The Bertz CT molecular complexity index is 353. The highest BCUT2D eigenvalue weighted by Crippen LogP contribution is 2.16. The molecule has 0 N–H and O–H groups in total. The van der Waals surface area contributed by atoms with Gasteiger partial charge in [-0.2, -0.15) is 0 Å². The second-order valence-electron chi connectivity index (χ2n) is 4.21. The van der Waals surface area contributed by atoms with Crippen LogP contribution in [0.15, 0.2) is 28.7 Å². The lowest BCUT2D eigenvalue weighted by Crippen LogP contribution is -2.30. The zero-order valence-corrected chi connectivity index (χ0v) is 11.7. The van der Waals surface area contributed by atoms with Crippen molar-refractivity contribution in [2.75, 3.05) is 13.1 Å². The summed E-state index contributed by atoms with van der Waals surface area (Å²) in [4.78, 5) is 3.36. The second kappa shape index (κ2) is 5.78. The van der Waals surface area contributed by atoms with Crippen molar-refractivity contribution in [3.05, 3.63) is 34.3 Å². The van der Waals surface area contributed by atoms with Gasteiger partial charge in [-0.05, 0) is 25.0 Å².